The van der Waals surface area contributed by atoms with E-state index in [-0.39, 0.29) is 5.41 Å². The smallest absolute Gasteiger partial charge is 0.0468 e. The minimum Gasteiger partial charge on any atom is -0.310 e. The van der Waals surface area contributed by atoms with Gasteiger partial charge in [0.05, 0.1) is 0 Å². The highest BCUT2D eigenvalue weighted by Gasteiger charge is 2.35. The third-order valence-electron chi connectivity index (χ3n) is 8.66. The maximum atomic E-state index is 2.42. The van der Waals surface area contributed by atoms with Gasteiger partial charge in [0.15, 0.2) is 0 Å². The van der Waals surface area contributed by atoms with Crippen LogP contribution in [0.3, 0.4) is 0 Å². The lowest BCUT2D eigenvalue weighted by Crippen LogP contribution is -2.14. The van der Waals surface area contributed by atoms with Gasteiger partial charge in [-0.2, -0.15) is 0 Å². The van der Waals surface area contributed by atoms with Crippen LogP contribution in [-0.2, 0) is 5.41 Å². The molecule has 0 bridgehead atoms. The van der Waals surface area contributed by atoms with E-state index in [0.717, 1.165) is 17.1 Å². The van der Waals surface area contributed by atoms with E-state index in [1.807, 2.05) is 11.3 Å². The summed E-state index contributed by atoms with van der Waals surface area (Å²) >= 11 is 1.87. The maximum absolute atomic E-state index is 2.42. The molecule has 0 spiro atoms. The Bertz CT molecular complexity index is 2030. The van der Waals surface area contributed by atoms with Gasteiger partial charge in [0.25, 0.3) is 0 Å². The molecule has 0 unspecified atom stereocenters. The lowest BCUT2D eigenvalue weighted by atomic mass is 9.81. The minimum absolute atomic E-state index is 0.00560. The number of rotatable bonds is 4. The number of benzene rings is 6. The number of thiophene rings is 1. The molecule has 8 rings (SSSR count). The molecule has 6 aromatic carbocycles. The van der Waals surface area contributed by atoms with Gasteiger partial charge < -0.3 is 4.90 Å². The molecule has 1 heterocycles. The number of para-hydroxylation sites is 2. The van der Waals surface area contributed by atoms with Crippen molar-refractivity contribution < 1.29 is 0 Å². The molecule has 0 atom stereocenters. The molecule has 0 fully saturated rings. The first-order chi connectivity index (χ1) is 20.1. The Balaban J connectivity index is 1.26. The van der Waals surface area contributed by atoms with Crippen molar-refractivity contribution in [2.45, 2.75) is 19.3 Å². The van der Waals surface area contributed by atoms with Gasteiger partial charge >= 0.3 is 0 Å². The van der Waals surface area contributed by atoms with Gasteiger partial charge in [-0.05, 0) is 94.0 Å². The summed E-state index contributed by atoms with van der Waals surface area (Å²) in [6.07, 6.45) is 0. The molecule has 1 aromatic heterocycles. The van der Waals surface area contributed by atoms with Gasteiger partial charge in [0, 0.05) is 42.6 Å². The second kappa shape index (κ2) is 9.19. The molecule has 0 N–H and O–H groups in total. The average Bonchev–Trinajstić information content (AvgIpc) is 3.50. The number of fused-ring (bicyclic) bond motifs is 6. The zero-order valence-electron chi connectivity index (χ0n) is 23.1. The first-order valence-electron chi connectivity index (χ1n) is 14.2. The molecule has 196 valence electrons. The highest BCUT2D eigenvalue weighted by atomic mass is 32.1. The molecule has 0 aliphatic heterocycles. The van der Waals surface area contributed by atoms with Crippen molar-refractivity contribution in [2.75, 3.05) is 4.90 Å². The van der Waals surface area contributed by atoms with E-state index in [1.54, 1.807) is 0 Å². The molecule has 41 heavy (non-hydrogen) atoms. The van der Waals surface area contributed by atoms with Crippen molar-refractivity contribution in [1.29, 1.82) is 0 Å². The Labute approximate surface area is 245 Å². The number of anilines is 3. The molecule has 0 saturated heterocycles. The molecular formula is C39H29NS. The third-order valence-corrected chi connectivity index (χ3v) is 9.81. The molecular weight excluding hydrogens is 515 g/mol. The first kappa shape index (κ1) is 24.2. The van der Waals surface area contributed by atoms with Crippen LogP contribution in [0.2, 0.25) is 0 Å². The maximum Gasteiger partial charge on any atom is 0.0468 e. The summed E-state index contributed by atoms with van der Waals surface area (Å²) in [6.45, 7) is 4.70. The van der Waals surface area contributed by atoms with Gasteiger partial charge in [-0.3, -0.25) is 0 Å². The summed E-state index contributed by atoms with van der Waals surface area (Å²) in [5, 5.41) is 2.61. The summed E-state index contributed by atoms with van der Waals surface area (Å²) in [5.41, 5.74) is 11.6. The van der Waals surface area contributed by atoms with Gasteiger partial charge in [0.1, 0.15) is 0 Å². The first-order valence-corrected chi connectivity index (χ1v) is 15.0. The van der Waals surface area contributed by atoms with Crippen molar-refractivity contribution in [3.05, 3.63) is 151 Å². The fraction of sp³-hybridized carbons (Fsp3) is 0.0769. The SMILES string of the molecule is CC1(C)c2ccccc2-c2ccc(-c3ccc4sc5ccc(N(c6ccccc6)c6ccccc6)cc5c4c3)cc21. The van der Waals surface area contributed by atoms with Gasteiger partial charge in [-0.15, -0.1) is 11.3 Å². The number of nitrogens with zero attached hydrogens (tertiary/aromatic N) is 1. The fourth-order valence-electron chi connectivity index (χ4n) is 6.57. The Hall–Kier alpha value is -4.66. The summed E-state index contributed by atoms with van der Waals surface area (Å²) in [7, 11) is 0. The van der Waals surface area contributed by atoms with Crippen LogP contribution in [0, 0.1) is 0 Å². The highest BCUT2D eigenvalue weighted by Crippen LogP contribution is 2.50. The molecule has 1 aliphatic carbocycles. The highest BCUT2D eigenvalue weighted by molar-refractivity contribution is 7.25. The monoisotopic (exact) mass is 543 g/mol. The van der Waals surface area contributed by atoms with Crippen molar-refractivity contribution >= 4 is 48.6 Å². The topological polar surface area (TPSA) is 3.24 Å². The van der Waals surface area contributed by atoms with E-state index in [1.165, 1.54) is 53.6 Å². The quantitative estimate of drug-likeness (QED) is 0.213. The summed E-state index contributed by atoms with van der Waals surface area (Å²) in [5.74, 6) is 0. The zero-order valence-corrected chi connectivity index (χ0v) is 24.0. The van der Waals surface area contributed by atoms with E-state index in [4.69, 9.17) is 0 Å². The van der Waals surface area contributed by atoms with E-state index in [2.05, 4.69) is 158 Å². The second-order valence-corrected chi connectivity index (χ2v) is 12.5. The van der Waals surface area contributed by atoms with Crippen molar-refractivity contribution in [3.63, 3.8) is 0 Å². The predicted octanol–water partition coefficient (Wildman–Crippen LogP) is 11.5. The van der Waals surface area contributed by atoms with E-state index in [0.29, 0.717) is 0 Å². The molecule has 0 amide bonds. The third kappa shape index (κ3) is 3.83. The van der Waals surface area contributed by atoms with Crippen LogP contribution in [0.4, 0.5) is 17.1 Å². The van der Waals surface area contributed by atoms with Crippen molar-refractivity contribution in [3.8, 4) is 22.3 Å². The lowest BCUT2D eigenvalue weighted by molar-refractivity contribution is 0.660. The lowest BCUT2D eigenvalue weighted by Gasteiger charge is -2.25. The largest absolute Gasteiger partial charge is 0.310 e. The molecule has 7 aromatic rings. The zero-order chi connectivity index (χ0) is 27.6. The van der Waals surface area contributed by atoms with Crippen molar-refractivity contribution in [1.82, 2.24) is 0 Å². The Kier molecular flexibility index (Phi) is 5.42. The number of hydrogen-bond acceptors (Lipinski definition) is 2. The van der Waals surface area contributed by atoms with Crippen LogP contribution >= 0.6 is 11.3 Å². The molecule has 2 heteroatoms. The van der Waals surface area contributed by atoms with Crippen LogP contribution in [0.5, 0.6) is 0 Å². The van der Waals surface area contributed by atoms with Gasteiger partial charge in [-0.1, -0.05) is 92.7 Å². The van der Waals surface area contributed by atoms with Crippen LogP contribution < -0.4 is 4.90 Å². The fourth-order valence-corrected chi connectivity index (χ4v) is 7.64. The summed E-state index contributed by atoms with van der Waals surface area (Å²) < 4.78 is 2.63. The van der Waals surface area contributed by atoms with E-state index < -0.39 is 0 Å². The second-order valence-electron chi connectivity index (χ2n) is 11.4. The molecule has 1 aliphatic rings. The van der Waals surface area contributed by atoms with Crippen molar-refractivity contribution in [2.24, 2.45) is 0 Å². The molecule has 1 nitrogen and oxygen atoms in total. The normalized spacial score (nSPS) is 13.3. The minimum atomic E-state index is -0.00560. The Morgan fingerprint density at radius 3 is 1.76 bits per heavy atom. The van der Waals surface area contributed by atoms with E-state index in [9.17, 15) is 0 Å². The Morgan fingerprint density at radius 2 is 1.02 bits per heavy atom. The molecule has 0 radical (unpaired) electrons. The predicted molar refractivity (Wildman–Crippen MR) is 177 cm³/mol. The van der Waals surface area contributed by atoms with E-state index >= 15 is 0 Å². The van der Waals surface area contributed by atoms with Gasteiger partial charge in [-0.25, -0.2) is 0 Å². The average molecular weight is 544 g/mol. The standard InChI is InChI=1S/C39H29NS/c1-39(2)35-16-10-9-15-31(35)32-20-17-27(24-36(32)39)26-18-21-37-33(23-26)34-25-30(19-22-38(34)41-37)40(28-11-5-3-6-12-28)29-13-7-4-8-14-29/h3-25H,1-2H3. The van der Waals surface area contributed by atoms with Crippen LogP contribution in [0.25, 0.3) is 42.4 Å². The summed E-state index contributed by atoms with van der Waals surface area (Å²) in [6, 6.07) is 51.0. The van der Waals surface area contributed by atoms with Crippen LogP contribution in [0.1, 0.15) is 25.0 Å². The Morgan fingerprint density at radius 1 is 0.463 bits per heavy atom. The van der Waals surface area contributed by atoms with Crippen LogP contribution in [-0.4, -0.2) is 0 Å². The summed E-state index contributed by atoms with van der Waals surface area (Å²) in [4.78, 5) is 2.34. The van der Waals surface area contributed by atoms with Crippen LogP contribution in [0.15, 0.2) is 140 Å². The number of hydrogen-bond donors (Lipinski definition) is 0. The van der Waals surface area contributed by atoms with Gasteiger partial charge in [0.2, 0.25) is 0 Å². The molecule has 0 saturated carbocycles.